The fourth-order valence-electron chi connectivity index (χ4n) is 3.38. The molecule has 6 nitrogen and oxygen atoms in total. The van der Waals surface area contributed by atoms with Crippen LogP contribution in [0, 0.1) is 0 Å². The van der Waals surface area contributed by atoms with E-state index in [-0.39, 0.29) is 17.6 Å². The molecule has 0 radical (unpaired) electrons. The van der Waals surface area contributed by atoms with Crippen LogP contribution in [0.5, 0.6) is 5.75 Å². The molecule has 0 saturated heterocycles. The molecular weight excluding hydrogens is 364 g/mol. The first-order valence-corrected chi connectivity index (χ1v) is 10.5. The second kappa shape index (κ2) is 7.83. The van der Waals surface area contributed by atoms with Crippen molar-refractivity contribution in [2.45, 2.75) is 44.7 Å². The predicted octanol–water partition coefficient (Wildman–Crippen LogP) is 2.90. The van der Waals surface area contributed by atoms with Crippen LogP contribution in [0.3, 0.4) is 0 Å². The standard InChI is InChI=1S/C17H25ClN2O4S/c1-12(17(21)19(2)14-7-5-6-8-14)20(25(4,22)23)15-11-13(18)9-10-16(15)24-3/h9-12,14H,5-8H2,1-4H3/t12-/m1/s1. The van der Waals surface area contributed by atoms with Crippen LogP contribution < -0.4 is 9.04 Å². The van der Waals surface area contributed by atoms with Gasteiger partial charge in [0.05, 0.1) is 19.1 Å². The van der Waals surface area contributed by atoms with E-state index in [0.29, 0.717) is 10.8 Å². The first-order valence-electron chi connectivity index (χ1n) is 8.26. The summed E-state index contributed by atoms with van der Waals surface area (Å²) in [6.45, 7) is 1.59. The van der Waals surface area contributed by atoms with Gasteiger partial charge in [-0.25, -0.2) is 8.42 Å². The Balaban J connectivity index is 2.41. The summed E-state index contributed by atoms with van der Waals surface area (Å²) in [4.78, 5) is 14.6. The zero-order chi connectivity index (χ0) is 18.8. The number of hydrogen-bond acceptors (Lipinski definition) is 4. The number of benzene rings is 1. The van der Waals surface area contributed by atoms with Gasteiger partial charge in [-0.2, -0.15) is 0 Å². The quantitative estimate of drug-likeness (QED) is 0.751. The number of sulfonamides is 1. The van der Waals surface area contributed by atoms with Gasteiger partial charge >= 0.3 is 0 Å². The van der Waals surface area contributed by atoms with Crippen LogP contribution in [-0.4, -0.2) is 51.7 Å². The number of carbonyl (C=O) groups is 1. The van der Waals surface area contributed by atoms with E-state index >= 15 is 0 Å². The molecule has 1 aromatic carbocycles. The Hall–Kier alpha value is -1.47. The van der Waals surface area contributed by atoms with Crippen molar-refractivity contribution in [3.8, 4) is 5.75 Å². The third-order valence-electron chi connectivity index (χ3n) is 4.66. The zero-order valence-electron chi connectivity index (χ0n) is 15.0. The Morgan fingerprint density at radius 3 is 2.44 bits per heavy atom. The summed E-state index contributed by atoms with van der Waals surface area (Å²) < 4.78 is 31.3. The third-order valence-corrected chi connectivity index (χ3v) is 6.13. The lowest BCUT2D eigenvalue weighted by Gasteiger charge is -2.34. The Kier molecular flexibility index (Phi) is 6.21. The Morgan fingerprint density at radius 1 is 1.32 bits per heavy atom. The number of likely N-dealkylation sites (N-methyl/N-ethyl adjacent to an activating group) is 1. The lowest BCUT2D eigenvalue weighted by atomic mass is 10.2. The van der Waals surface area contributed by atoms with E-state index in [0.717, 1.165) is 36.2 Å². The van der Waals surface area contributed by atoms with Crippen molar-refractivity contribution in [3.63, 3.8) is 0 Å². The van der Waals surface area contributed by atoms with Crippen LogP contribution in [0.1, 0.15) is 32.6 Å². The molecule has 0 bridgehead atoms. The van der Waals surface area contributed by atoms with Crippen molar-refractivity contribution in [3.05, 3.63) is 23.2 Å². The molecule has 1 amide bonds. The highest BCUT2D eigenvalue weighted by atomic mass is 35.5. The number of amides is 1. The number of rotatable bonds is 6. The van der Waals surface area contributed by atoms with E-state index in [2.05, 4.69) is 0 Å². The highest BCUT2D eigenvalue weighted by Crippen LogP contribution is 2.35. The van der Waals surface area contributed by atoms with Gasteiger partial charge in [0, 0.05) is 18.1 Å². The van der Waals surface area contributed by atoms with Crippen LogP contribution >= 0.6 is 11.6 Å². The maximum atomic E-state index is 12.9. The Bertz CT molecular complexity index is 732. The van der Waals surface area contributed by atoms with Crippen LogP contribution in [-0.2, 0) is 14.8 Å². The van der Waals surface area contributed by atoms with Crippen LogP contribution in [0.4, 0.5) is 5.69 Å². The minimum absolute atomic E-state index is 0.164. The summed E-state index contributed by atoms with van der Waals surface area (Å²) in [5.41, 5.74) is 0.262. The molecule has 140 valence electrons. The molecule has 0 unspecified atom stereocenters. The van der Waals surface area contributed by atoms with Gasteiger partial charge in [0.2, 0.25) is 15.9 Å². The third kappa shape index (κ3) is 4.39. The molecule has 0 aliphatic heterocycles. The van der Waals surface area contributed by atoms with Crippen molar-refractivity contribution in [1.82, 2.24) is 4.90 Å². The van der Waals surface area contributed by atoms with Crippen molar-refractivity contribution < 1.29 is 17.9 Å². The molecule has 0 aromatic heterocycles. The first-order chi connectivity index (χ1) is 11.7. The molecule has 0 heterocycles. The lowest BCUT2D eigenvalue weighted by molar-refractivity contribution is -0.132. The van der Waals surface area contributed by atoms with E-state index in [1.54, 1.807) is 31.0 Å². The van der Waals surface area contributed by atoms with E-state index in [9.17, 15) is 13.2 Å². The van der Waals surface area contributed by atoms with Gasteiger partial charge in [-0.05, 0) is 38.0 Å². The van der Waals surface area contributed by atoms with E-state index in [1.807, 2.05) is 0 Å². The van der Waals surface area contributed by atoms with Gasteiger partial charge in [-0.1, -0.05) is 24.4 Å². The van der Waals surface area contributed by atoms with Gasteiger partial charge < -0.3 is 9.64 Å². The van der Waals surface area contributed by atoms with Gasteiger partial charge in [0.1, 0.15) is 11.8 Å². The minimum Gasteiger partial charge on any atom is -0.495 e. The fourth-order valence-corrected chi connectivity index (χ4v) is 4.71. The molecular formula is C17H25ClN2O4S. The summed E-state index contributed by atoms with van der Waals surface area (Å²) in [5.74, 6) is 0.109. The van der Waals surface area contributed by atoms with Crippen LogP contribution in [0.2, 0.25) is 5.02 Å². The smallest absolute Gasteiger partial charge is 0.246 e. The van der Waals surface area contributed by atoms with Crippen LogP contribution in [0.25, 0.3) is 0 Å². The summed E-state index contributed by atoms with van der Waals surface area (Å²) in [7, 11) is -0.532. The molecule has 1 aliphatic carbocycles. The number of hydrogen-bond donors (Lipinski definition) is 0. The molecule has 25 heavy (non-hydrogen) atoms. The average Bonchev–Trinajstić information content (AvgIpc) is 3.07. The van der Waals surface area contributed by atoms with E-state index in [1.165, 1.54) is 13.2 Å². The SMILES string of the molecule is COc1ccc(Cl)cc1N([C@H](C)C(=O)N(C)C1CCCC1)S(C)(=O)=O. The number of carbonyl (C=O) groups excluding carboxylic acids is 1. The second-order valence-corrected chi connectivity index (χ2v) is 8.73. The highest BCUT2D eigenvalue weighted by molar-refractivity contribution is 7.92. The minimum atomic E-state index is -3.72. The lowest BCUT2D eigenvalue weighted by Crippen LogP contribution is -2.50. The molecule has 1 aromatic rings. The van der Waals surface area contributed by atoms with E-state index in [4.69, 9.17) is 16.3 Å². The molecule has 1 atom stereocenters. The number of methoxy groups -OCH3 is 1. The Morgan fingerprint density at radius 2 is 1.92 bits per heavy atom. The molecule has 1 saturated carbocycles. The van der Waals surface area contributed by atoms with Gasteiger partial charge in [0.25, 0.3) is 0 Å². The van der Waals surface area contributed by atoms with Gasteiger partial charge in [0.15, 0.2) is 0 Å². The molecule has 0 N–H and O–H groups in total. The molecule has 1 aliphatic rings. The number of nitrogens with zero attached hydrogens (tertiary/aromatic N) is 2. The molecule has 8 heteroatoms. The van der Waals surface area contributed by atoms with Crippen molar-refractivity contribution in [1.29, 1.82) is 0 Å². The summed E-state index contributed by atoms with van der Waals surface area (Å²) in [6.07, 6.45) is 5.17. The fraction of sp³-hybridized carbons (Fsp3) is 0.588. The average molecular weight is 389 g/mol. The monoisotopic (exact) mass is 388 g/mol. The molecule has 1 fully saturated rings. The first kappa shape index (κ1) is 19.8. The highest BCUT2D eigenvalue weighted by Gasteiger charge is 2.35. The second-order valence-electron chi connectivity index (χ2n) is 6.44. The van der Waals surface area contributed by atoms with Crippen LogP contribution in [0.15, 0.2) is 18.2 Å². The molecule has 2 rings (SSSR count). The largest absolute Gasteiger partial charge is 0.495 e. The number of anilines is 1. The zero-order valence-corrected chi connectivity index (χ0v) is 16.6. The maximum absolute atomic E-state index is 12.9. The van der Waals surface area contributed by atoms with Gasteiger partial charge in [-0.3, -0.25) is 9.10 Å². The summed E-state index contributed by atoms with van der Waals surface area (Å²) in [5, 5.41) is 0.369. The predicted molar refractivity (Wildman–Crippen MR) is 99.8 cm³/mol. The normalized spacial score (nSPS) is 16.5. The van der Waals surface area contributed by atoms with Crippen molar-refractivity contribution >= 4 is 33.2 Å². The molecule has 0 spiro atoms. The maximum Gasteiger partial charge on any atom is 0.246 e. The van der Waals surface area contributed by atoms with Crippen molar-refractivity contribution in [2.24, 2.45) is 0 Å². The summed E-state index contributed by atoms with van der Waals surface area (Å²) in [6, 6.07) is 3.97. The topological polar surface area (TPSA) is 66.9 Å². The summed E-state index contributed by atoms with van der Waals surface area (Å²) >= 11 is 6.05. The van der Waals surface area contributed by atoms with Gasteiger partial charge in [-0.15, -0.1) is 0 Å². The number of halogens is 1. The van der Waals surface area contributed by atoms with Crippen molar-refractivity contribution in [2.75, 3.05) is 24.7 Å². The number of ether oxygens (including phenoxy) is 1. The van der Waals surface area contributed by atoms with E-state index < -0.39 is 16.1 Å². The Labute approximate surface area is 154 Å².